The molecular weight excluding hydrogens is 369 g/mol. The molecule has 0 spiro atoms. The van der Waals surface area contributed by atoms with Gasteiger partial charge in [-0.15, -0.1) is 10.2 Å². The SMILES string of the molecule is Clc1cccc(OCc2cccn3c(C4CCCCCC4)nnc23)c1Cl. The van der Waals surface area contributed by atoms with Crippen molar-refractivity contribution in [2.75, 3.05) is 0 Å². The Morgan fingerprint density at radius 1 is 1.00 bits per heavy atom. The van der Waals surface area contributed by atoms with Crippen molar-refractivity contribution in [3.8, 4) is 5.75 Å². The lowest BCUT2D eigenvalue weighted by Crippen LogP contribution is -2.05. The van der Waals surface area contributed by atoms with E-state index in [4.69, 9.17) is 27.9 Å². The second-order valence-corrected chi connectivity index (χ2v) is 7.60. The van der Waals surface area contributed by atoms with Crippen LogP contribution in [-0.4, -0.2) is 14.6 Å². The molecule has 0 unspecified atom stereocenters. The predicted octanol–water partition coefficient (Wildman–Crippen LogP) is 6.05. The lowest BCUT2D eigenvalue weighted by atomic mass is 9.99. The van der Waals surface area contributed by atoms with E-state index in [1.165, 1.54) is 38.5 Å². The van der Waals surface area contributed by atoms with Gasteiger partial charge >= 0.3 is 0 Å². The Morgan fingerprint density at radius 2 is 1.81 bits per heavy atom. The van der Waals surface area contributed by atoms with Crippen LogP contribution in [0, 0.1) is 0 Å². The molecule has 136 valence electrons. The molecule has 0 N–H and O–H groups in total. The van der Waals surface area contributed by atoms with Crippen LogP contribution in [0.4, 0.5) is 0 Å². The summed E-state index contributed by atoms with van der Waals surface area (Å²) < 4.78 is 8.01. The number of fused-ring (bicyclic) bond motifs is 1. The standard InChI is InChI=1S/C20H21Cl2N3O/c21-16-10-5-11-17(18(16)22)26-13-15-9-6-12-25-19(23-24-20(15)25)14-7-3-1-2-4-8-14/h5-6,9-12,14H,1-4,7-8,13H2. The molecule has 2 heterocycles. The lowest BCUT2D eigenvalue weighted by Gasteiger charge is -2.13. The minimum atomic E-state index is 0.368. The molecule has 3 aromatic rings. The number of nitrogens with zero attached hydrogens (tertiary/aromatic N) is 3. The molecule has 1 saturated carbocycles. The summed E-state index contributed by atoms with van der Waals surface area (Å²) in [6.45, 7) is 0.368. The molecular formula is C20H21Cl2N3O. The van der Waals surface area contributed by atoms with Crippen molar-refractivity contribution in [2.24, 2.45) is 0 Å². The van der Waals surface area contributed by atoms with E-state index in [0.717, 1.165) is 17.0 Å². The van der Waals surface area contributed by atoms with E-state index in [2.05, 4.69) is 14.6 Å². The predicted molar refractivity (Wildman–Crippen MR) is 104 cm³/mol. The number of hydrogen-bond donors (Lipinski definition) is 0. The summed E-state index contributed by atoms with van der Waals surface area (Å²) in [6.07, 6.45) is 9.63. The van der Waals surface area contributed by atoms with E-state index >= 15 is 0 Å². The van der Waals surface area contributed by atoms with Crippen molar-refractivity contribution in [2.45, 2.75) is 51.0 Å². The van der Waals surface area contributed by atoms with E-state index < -0.39 is 0 Å². The maximum Gasteiger partial charge on any atom is 0.167 e. The zero-order chi connectivity index (χ0) is 17.9. The highest BCUT2D eigenvalue weighted by atomic mass is 35.5. The first kappa shape index (κ1) is 17.6. The van der Waals surface area contributed by atoms with Gasteiger partial charge in [0.1, 0.15) is 23.2 Å². The first-order valence-corrected chi connectivity index (χ1v) is 9.89. The minimum Gasteiger partial charge on any atom is -0.487 e. The Balaban J connectivity index is 1.59. The summed E-state index contributed by atoms with van der Waals surface area (Å²) in [6, 6.07) is 9.42. The maximum atomic E-state index is 6.21. The van der Waals surface area contributed by atoms with Gasteiger partial charge in [0.2, 0.25) is 0 Å². The summed E-state index contributed by atoms with van der Waals surface area (Å²) in [7, 11) is 0. The van der Waals surface area contributed by atoms with Crippen LogP contribution in [0.25, 0.3) is 5.65 Å². The van der Waals surface area contributed by atoms with Gasteiger partial charge in [-0.05, 0) is 31.0 Å². The summed E-state index contributed by atoms with van der Waals surface area (Å²) in [5.74, 6) is 2.14. The smallest absolute Gasteiger partial charge is 0.167 e. The van der Waals surface area contributed by atoms with Crippen LogP contribution in [0.2, 0.25) is 10.0 Å². The molecule has 1 fully saturated rings. The van der Waals surface area contributed by atoms with Crippen molar-refractivity contribution in [3.63, 3.8) is 0 Å². The Labute approximate surface area is 163 Å². The molecule has 4 nitrogen and oxygen atoms in total. The highest BCUT2D eigenvalue weighted by Crippen LogP contribution is 2.33. The fourth-order valence-electron chi connectivity index (χ4n) is 3.67. The molecule has 0 atom stereocenters. The summed E-state index contributed by atoms with van der Waals surface area (Å²) >= 11 is 12.3. The molecule has 0 radical (unpaired) electrons. The van der Waals surface area contributed by atoms with E-state index in [-0.39, 0.29) is 0 Å². The largest absolute Gasteiger partial charge is 0.487 e. The molecule has 0 aliphatic heterocycles. The topological polar surface area (TPSA) is 39.4 Å². The Hall–Kier alpha value is -1.78. The van der Waals surface area contributed by atoms with E-state index in [1.807, 2.05) is 30.5 Å². The van der Waals surface area contributed by atoms with Gasteiger partial charge < -0.3 is 4.74 Å². The third kappa shape index (κ3) is 3.53. The van der Waals surface area contributed by atoms with Crippen LogP contribution in [0.15, 0.2) is 36.5 Å². The van der Waals surface area contributed by atoms with Crippen LogP contribution in [0.3, 0.4) is 0 Å². The van der Waals surface area contributed by atoms with Crippen LogP contribution in [-0.2, 0) is 6.61 Å². The second kappa shape index (κ2) is 7.85. The Kier molecular flexibility index (Phi) is 5.32. The molecule has 6 heteroatoms. The number of ether oxygens (including phenoxy) is 1. The average molecular weight is 390 g/mol. The van der Waals surface area contributed by atoms with E-state index in [1.54, 1.807) is 6.07 Å². The number of pyridine rings is 1. The van der Waals surface area contributed by atoms with Crippen LogP contribution in [0.5, 0.6) is 5.75 Å². The van der Waals surface area contributed by atoms with Crippen molar-refractivity contribution < 1.29 is 4.74 Å². The number of hydrogen-bond acceptors (Lipinski definition) is 3. The molecule has 26 heavy (non-hydrogen) atoms. The molecule has 0 bridgehead atoms. The quantitative estimate of drug-likeness (QED) is 0.509. The van der Waals surface area contributed by atoms with Gasteiger partial charge in [-0.25, -0.2) is 0 Å². The van der Waals surface area contributed by atoms with Gasteiger partial charge in [0.15, 0.2) is 5.65 Å². The molecule has 1 aromatic carbocycles. The lowest BCUT2D eigenvalue weighted by molar-refractivity contribution is 0.307. The van der Waals surface area contributed by atoms with Gasteiger partial charge in [-0.3, -0.25) is 4.40 Å². The van der Waals surface area contributed by atoms with Crippen LogP contribution in [0.1, 0.15) is 55.8 Å². The van der Waals surface area contributed by atoms with Gasteiger partial charge in [0, 0.05) is 17.7 Å². The number of halogens is 2. The van der Waals surface area contributed by atoms with Crippen LogP contribution >= 0.6 is 23.2 Å². The van der Waals surface area contributed by atoms with E-state index in [0.29, 0.717) is 28.3 Å². The molecule has 0 saturated heterocycles. The first-order chi connectivity index (χ1) is 12.7. The second-order valence-electron chi connectivity index (χ2n) is 6.81. The highest BCUT2D eigenvalue weighted by Gasteiger charge is 2.20. The molecule has 2 aromatic heterocycles. The number of benzene rings is 1. The summed E-state index contributed by atoms with van der Waals surface area (Å²) in [5, 5.41) is 9.89. The zero-order valence-corrected chi connectivity index (χ0v) is 16.0. The number of rotatable bonds is 4. The Bertz CT molecular complexity index is 901. The molecule has 4 rings (SSSR count). The van der Waals surface area contributed by atoms with Gasteiger partial charge in [0.05, 0.1) is 5.02 Å². The highest BCUT2D eigenvalue weighted by molar-refractivity contribution is 6.42. The van der Waals surface area contributed by atoms with Crippen LogP contribution < -0.4 is 4.74 Å². The van der Waals surface area contributed by atoms with Crippen molar-refractivity contribution in [1.82, 2.24) is 14.6 Å². The molecule has 0 amide bonds. The van der Waals surface area contributed by atoms with E-state index in [9.17, 15) is 0 Å². The van der Waals surface area contributed by atoms with Crippen molar-refractivity contribution in [1.29, 1.82) is 0 Å². The number of aromatic nitrogens is 3. The van der Waals surface area contributed by atoms with Crippen molar-refractivity contribution >= 4 is 28.8 Å². The third-order valence-corrected chi connectivity index (χ3v) is 5.86. The fourth-order valence-corrected chi connectivity index (χ4v) is 4.02. The average Bonchev–Trinajstić information content (AvgIpc) is 2.90. The van der Waals surface area contributed by atoms with Gasteiger partial charge in [-0.2, -0.15) is 0 Å². The van der Waals surface area contributed by atoms with Gasteiger partial charge in [-0.1, -0.05) is 61.0 Å². The fraction of sp³-hybridized carbons (Fsp3) is 0.400. The first-order valence-electron chi connectivity index (χ1n) is 9.13. The molecule has 1 aliphatic rings. The van der Waals surface area contributed by atoms with Gasteiger partial charge in [0.25, 0.3) is 0 Å². The normalized spacial score (nSPS) is 15.9. The maximum absolute atomic E-state index is 6.21. The summed E-state index contributed by atoms with van der Waals surface area (Å²) in [5.41, 5.74) is 1.83. The molecule has 1 aliphatic carbocycles. The summed E-state index contributed by atoms with van der Waals surface area (Å²) in [4.78, 5) is 0. The minimum absolute atomic E-state index is 0.368. The third-order valence-electron chi connectivity index (χ3n) is 5.06. The Morgan fingerprint density at radius 3 is 2.62 bits per heavy atom. The van der Waals surface area contributed by atoms with Crippen molar-refractivity contribution in [3.05, 3.63) is 58.0 Å². The monoisotopic (exact) mass is 389 g/mol. The zero-order valence-electron chi connectivity index (χ0n) is 14.5.